The average Bonchev–Trinajstić information content (AvgIpc) is 2.64. The van der Waals surface area contributed by atoms with Gasteiger partial charge in [-0.05, 0) is 18.6 Å². The maximum atomic E-state index is 11.9. The Labute approximate surface area is 150 Å². The molecule has 0 aliphatic heterocycles. The molecule has 0 bridgehead atoms. The molecule has 0 aliphatic carbocycles. The molecule has 1 aromatic carbocycles. The van der Waals surface area contributed by atoms with Gasteiger partial charge in [0, 0.05) is 38.6 Å². The van der Waals surface area contributed by atoms with Crippen molar-refractivity contribution in [2.45, 2.75) is 32.7 Å². The molecule has 0 saturated carbocycles. The van der Waals surface area contributed by atoms with Gasteiger partial charge in [-0.3, -0.25) is 9.78 Å². The Morgan fingerprint density at radius 3 is 2.72 bits per heavy atom. The standard InChI is InChI=1S/C20H30N4O/c1-3-4-7-14-24(2)20(25)16-22-13-12-21-15-18-11-10-17-8-5-6-9-19(17)23-18/h5-6,8-11,21-22H,3-4,7,12-16H2,1-2H3. The van der Waals surface area contributed by atoms with Crippen molar-refractivity contribution in [2.24, 2.45) is 0 Å². The van der Waals surface area contributed by atoms with E-state index in [0.29, 0.717) is 6.54 Å². The minimum Gasteiger partial charge on any atom is -0.345 e. The van der Waals surface area contributed by atoms with Crippen molar-refractivity contribution in [3.05, 3.63) is 42.1 Å². The molecule has 5 heteroatoms. The first-order chi connectivity index (χ1) is 12.2. The van der Waals surface area contributed by atoms with E-state index in [2.05, 4.69) is 40.7 Å². The predicted molar refractivity (Wildman–Crippen MR) is 103 cm³/mol. The van der Waals surface area contributed by atoms with E-state index in [1.165, 1.54) is 12.8 Å². The fourth-order valence-corrected chi connectivity index (χ4v) is 2.65. The lowest BCUT2D eigenvalue weighted by atomic mass is 10.2. The van der Waals surface area contributed by atoms with Gasteiger partial charge in [0.05, 0.1) is 17.8 Å². The number of carbonyl (C=O) groups is 1. The van der Waals surface area contributed by atoms with Crippen molar-refractivity contribution in [1.29, 1.82) is 0 Å². The van der Waals surface area contributed by atoms with Gasteiger partial charge in [-0.1, -0.05) is 44.0 Å². The molecular formula is C20H30N4O. The molecule has 0 radical (unpaired) electrons. The number of fused-ring (bicyclic) bond motifs is 1. The second kappa shape index (κ2) is 10.8. The highest BCUT2D eigenvalue weighted by Gasteiger charge is 2.06. The normalized spacial score (nSPS) is 11.0. The van der Waals surface area contributed by atoms with Crippen LogP contribution in [0.25, 0.3) is 10.9 Å². The van der Waals surface area contributed by atoms with E-state index in [1.807, 2.05) is 30.1 Å². The minimum atomic E-state index is 0.160. The van der Waals surface area contributed by atoms with Gasteiger partial charge in [-0.15, -0.1) is 0 Å². The summed E-state index contributed by atoms with van der Waals surface area (Å²) in [5, 5.41) is 7.72. The summed E-state index contributed by atoms with van der Waals surface area (Å²) in [6, 6.07) is 12.3. The maximum Gasteiger partial charge on any atom is 0.236 e. The second-order valence-electron chi connectivity index (χ2n) is 6.37. The number of aromatic nitrogens is 1. The Morgan fingerprint density at radius 1 is 1.08 bits per heavy atom. The topological polar surface area (TPSA) is 57.3 Å². The van der Waals surface area contributed by atoms with Crippen LogP contribution in [-0.4, -0.2) is 49.0 Å². The molecule has 0 fully saturated rings. The first-order valence-corrected chi connectivity index (χ1v) is 9.20. The maximum absolute atomic E-state index is 11.9. The van der Waals surface area contributed by atoms with E-state index >= 15 is 0 Å². The van der Waals surface area contributed by atoms with Crippen LogP contribution in [0.5, 0.6) is 0 Å². The molecule has 2 rings (SSSR count). The first-order valence-electron chi connectivity index (χ1n) is 9.20. The van der Waals surface area contributed by atoms with Crippen LogP contribution in [0.1, 0.15) is 31.9 Å². The third kappa shape index (κ3) is 6.80. The fourth-order valence-electron chi connectivity index (χ4n) is 2.65. The van der Waals surface area contributed by atoms with Crippen molar-refractivity contribution in [3.63, 3.8) is 0 Å². The SMILES string of the molecule is CCCCCN(C)C(=O)CNCCNCc1ccc2ccccc2n1. The van der Waals surface area contributed by atoms with E-state index < -0.39 is 0 Å². The zero-order valence-corrected chi connectivity index (χ0v) is 15.4. The number of carbonyl (C=O) groups excluding carboxylic acids is 1. The molecule has 2 N–H and O–H groups in total. The number of pyridine rings is 1. The highest BCUT2D eigenvalue weighted by molar-refractivity contribution is 5.78. The van der Waals surface area contributed by atoms with Gasteiger partial charge in [0.2, 0.25) is 5.91 Å². The monoisotopic (exact) mass is 342 g/mol. The Bertz CT molecular complexity index is 659. The molecule has 1 aromatic heterocycles. The van der Waals surface area contributed by atoms with Crippen molar-refractivity contribution in [2.75, 3.05) is 33.2 Å². The van der Waals surface area contributed by atoms with Gasteiger partial charge in [-0.25, -0.2) is 0 Å². The highest BCUT2D eigenvalue weighted by Crippen LogP contribution is 2.11. The van der Waals surface area contributed by atoms with E-state index in [0.717, 1.165) is 49.2 Å². The predicted octanol–water partition coefficient (Wildman–Crippen LogP) is 2.56. The van der Waals surface area contributed by atoms with Crippen LogP contribution in [0.4, 0.5) is 0 Å². The number of para-hydroxylation sites is 1. The third-order valence-corrected chi connectivity index (χ3v) is 4.24. The van der Waals surface area contributed by atoms with Crippen LogP contribution in [-0.2, 0) is 11.3 Å². The number of benzene rings is 1. The van der Waals surface area contributed by atoms with Crippen LogP contribution in [0.2, 0.25) is 0 Å². The lowest BCUT2D eigenvalue weighted by Gasteiger charge is -2.17. The lowest BCUT2D eigenvalue weighted by molar-refractivity contribution is -0.129. The molecule has 1 heterocycles. The lowest BCUT2D eigenvalue weighted by Crippen LogP contribution is -2.38. The molecule has 5 nitrogen and oxygen atoms in total. The van der Waals surface area contributed by atoms with Crippen molar-refractivity contribution < 1.29 is 4.79 Å². The second-order valence-corrected chi connectivity index (χ2v) is 6.37. The van der Waals surface area contributed by atoms with Crippen molar-refractivity contribution in [3.8, 4) is 0 Å². The average molecular weight is 342 g/mol. The largest absolute Gasteiger partial charge is 0.345 e. The first kappa shape index (κ1) is 19.3. The Hall–Kier alpha value is -1.98. The van der Waals surface area contributed by atoms with E-state index in [9.17, 15) is 4.79 Å². The molecule has 1 amide bonds. The van der Waals surface area contributed by atoms with Gasteiger partial charge in [-0.2, -0.15) is 0 Å². The summed E-state index contributed by atoms with van der Waals surface area (Å²) in [5.41, 5.74) is 2.06. The number of likely N-dealkylation sites (N-methyl/N-ethyl adjacent to an activating group) is 1. The molecule has 0 atom stereocenters. The highest BCUT2D eigenvalue weighted by atomic mass is 16.2. The van der Waals surface area contributed by atoms with Crippen LogP contribution >= 0.6 is 0 Å². The van der Waals surface area contributed by atoms with Crippen LogP contribution in [0.3, 0.4) is 0 Å². The van der Waals surface area contributed by atoms with Gasteiger partial charge >= 0.3 is 0 Å². The molecule has 25 heavy (non-hydrogen) atoms. The van der Waals surface area contributed by atoms with Gasteiger partial charge < -0.3 is 15.5 Å². The number of nitrogens with zero attached hydrogens (tertiary/aromatic N) is 2. The molecule has 0 spiro atoms. The zero-order valence-electron chi connectivity index (χ0n) is 15.4. The smallest absolute Gasteiger partial charge is 0.236 e. The number of nitrogens with one attached hydrogen (secondary N) is 2. The van der Waals surface area contributed by atoms with Gasteiger partial charge in [0.1, 0.15) is 0 Å². The fraction of sp³-hybridized carbons (Fsp3) is 0.500. The van der Waals surface area contributed by atoms with Gasteiger partial charge in [0.15, 0.2) is 0 Å². The summed E-state index contributed by atoms with van der Waals surface area (Å²) in [6.45, 7) is 5.73. The van der Waals surface area contributed by atoms with Crippen LogP contribution in [0.15, 0.2) is 36.4 Å². The number of unbranched alkanes of at least 4 members (excludes halogenated alkanes) is 2. The van der Waals surface area contributed by atoms with E-state index in [-0.39, 0.29) is 5.91 Å². The summed E-state index contributed by atoms with van der Waals surface area (Å²) in [4.78, 5) is 18.4. The zero-order chi connectivity index (χ0) is 17.9. The minimum absolute atomic E-state index is 0.160. The van der Waals surface area contributed by atoms with Crippen LogP contribution < -0.4 is 10.6 Å². The molecule has 136 valence electrons. The van der Waals surface area contributed by atoms with Crippen LogP contribution in [0, 0.1) is 0 Å². The molecule has 0 aliphatic rings. The van der Waals surface area contributed by atoms with Crippen molar-refractivity contribution >= 4 is 16.8 Å². The molecule has 2 aromatic rings. The van der Waals surface area contributed by atoms with Crippen molar-refractivity contribution in [1.82, 2.24) is 20.5 Å². The van der Waals surface area contributed by atoms with E-state index in [4.69, 9.17) is 0 Å². The summed E-state index contributed by atoms with van der Waals surface area (Å²) in [7, 11) is 1.88. The molecular weight excluding hydrogens is 312 g/mol. The van der Waals surface area contributed by atoms with Gasteiger partial charge in [0.25, 0.3) is 0 Å². The molecule has 0 saturated heterocycles. The molecule has 0 unspecified atom stereocenters. The number of hydrogen-bond acceptors (Lipinski definition) is 4. The third-order valence-electron chi connectivity index (χ3n) is 4.24. The summed E-state index contributed by atoms with van der Waals surface area (Å²) in [5.74, 6) is 0.160. The number of rotatable bonds is 11. The van der Waals surface area contributed by atoms with E-state index in [1.54, 1.807) is 0 Å². The Balaban J connectivity index is 1.59. The number of amides is 1. The summed E-state index contributed by atoms with van der Waals surface area (Å²) >= 11 is 0. The number of hydrogen-bond donors (Lipinski definition) is 2. The summed E-state index contributed by atoms with van der Waals surface area (Å²) in [6.07, 6.45) is 3.44. The Morgan fingerprint density at radius 2 is 1.88 bits per heavy atom. The quantitative estimate of drug-likeness (QED) is 0.616. The summed E-state index contributed by atoms with van der Waals surface area (Å²) < 4.78 is 0. The Kier molecular flexibility index (Phi) is 8.35.